The van der Waals surface area contributed by atoms with E-state index in [-0.39, 0.29) is 17.2 Å². The highest BCUT2D eigenvalue weighted by atomic mass is 16.5. The highest BCUT2D eigenvalue weighted by molar-refractivity contribution is 6.03. The Morgan fingerprint density at radius 1 is 0.952 bits per heavy atom. The van der Waals surface area contributed by atoms with Gasteiger partial charge in [-0.25, -0.2) is 0 Å². The quantitative estimate of drug-likeness (QED) is 0.143. The van der Waals surface area contributed by atoms with Crippen molar-refractivity contribution in [1.82, 2.24) is 10.2 Å². The van der Waals surface area contributed by atoms with Gasteiger partial charge >= 0.3 is 0 Å². The summed E-state index contributed by atoms with van der Waals surface area (Å²) in [7, 11) is 0. The van der Waals surface area contributed by atoms with Crippen molar-refractivity contribution >= 4 is 35.0 Å². The van der Waals surface area contributed by atoms with Gasteiger partial charge in [0.25, 0.3) is 0 Å². The molecule has 0 saturated carbocycles. The number of nitrogens with one attached hydrogen (secondary N) is 3. The van der Waals surface area contributed by atoms with E-state index in [2.05, 4.69) is 53.8 Å². The van der Waals surface area contributed by atoms with Crippen LogP contribution in [0.3, 0.4) is 0 Å². The van der Waals surface area contributed by atoms with Crippen molar-refractivity contribution in [2.45, 2.75) is 38.6 Å². The van der Waals surface area contributed by atoms with Crippen molar-refractivity contribution in [3.05, 3.63) is 95.6 Å². The second kappa shape index (κ2) is 14.8. The molecule has 42 heavy (non-hydrogen) atoms. The van der Waals surface area contributed by atoms with Gasteiger partial charge in [0.1, 0.15) is 6.04 Å². The van der Waals surface area contributed by atoms with Crippen LogP contribution in [0.5, 0.6) is 0 Å². The maximum Gasteiger partial charge on any atom is 0.248 e. The normalized spacial score (nSPS) is 14.9. The summed E-state index contributed by atoms with van der Waals surface area (Å²) in [6, 6.07) is 22.3. The number of para-hydroxylation sites is 2. The average Bonchev–Trinajstić information content (AvgIpc) is 2.98. The van der Waals surface area contributed by atoms with Gasteiger partial charge in [0.05, 0.1) is 24.6 Å². The number of amides is 2. The van der Waals surface area contributed by atoms with Crippen LogP contribution in [-0.2, 0) is 19.7 Å². The molecule has 0 aliphatic carbocycles. The highest BCUT2D eigenvalue weighted by Gasteiger charge is 2.21. The summed E-state index contributed by atoms with van der Waals surface area (Å²) in [4.78, 5) is 28.3. The molecule has 4 rings (SSSR count). The molecule has 0 spiro atoms. The molecule has 1 atom stereocenters. The summed E-state index contributed by atoms with van der Waals surface area (Å²) in [5.41, 5.74) is 10.7. The van der Waals surface area contributed by atoms with E-state index in [4.69, 9.17) is 10.5 Å². The number of nitrogens with two attached hydrogens (primary N) is 1. The highest BCUT2D eigenvalue weighted by Crippen LogP contribution is 2.24. The van der Waals surface area contributed by atoms with Crippen molar-refractivity contribution in [2.24, 2.45) is 0 Å². The number of anilines is 3. The molecule has 1 heterocycles. The lowest BCUT2D eigenvalue weighted by atomic mass is 9.87. The topological polar surface area (TPSA) is 109 Å². The zero-order valence-electron chi connectivity index (χ0n) is 24.9. The van der Waals surface area contributed by atoms with Crippen molar-refractivity contribution in [1.29, 1.82) is 0 Å². The molecule has 3 aromatic rings. The summed E-state index contributed by atoms with van der Waals surface area (Å²) >= 11 is 0. The molecule has 8 nitrogen and oxygen atoms in total. The fourth-order valence-corrected chi connectivity index (χ4v) is 4.76. The Hall–Kier alpha value is -3.98. The van der Waals surface area contributed by atoms with Crippen molar-refractivity contribution in [3.63, 3.8) is 0 Å². The number of nitrogen functional groups attached to an aromatic ring is 1. The SMILES string of the molecule is CC(C)(C)c1ccc(NC(=O)C(NCCCN2CCOCC2)c2ccc(C=CC(=O)Nc3ccccc3N)cc2)cc1. The van der Waals surface area contributed by atoms with E-state index in [0.717, 1.165) is 56.1 Å². The van der Waals surface area contributed by atoms with Crippen LogP contribution in [0.15, 0.2) is 78.9 Å². The largest absolute Gasteiger partial charge is 0.397 e. The number of nitrogens with zero attached hydrogens (tertiary/aromatic N) is 1. The Kier molecular flexibility index (Phi) is 10.9. The molecule has 3 aromatic carbocycles. The summed E-state index contributed by atoms with van der Waals surface area (Å²) in [6.45, 7) is 11.6. The Balaban J connectivity index is 1.41. The molecule has 5 N–H and O–H groups in total. The molecular weight excluding hydrogens is 526 g/mol. The molecular formula is C34H43N5O3. The van der Waals surface area contributed by atoms with Gasteiger partial charge < -0.3 is 26.4 Å². The predicted octanol–water partition coefficient (Wildman–Crippen LogP) is 5.21. The predicted molar refractivity (Wildman–Crippen MR) is 171 cm³/mol. The lowest BCUT2D eigenvalue weighted by Gasteiger charge is -2.27. The Bertz CT molecular complexity index is 1340. The zero-order valence-corrected chi connectivity index (χ0v) is 24.9. The third kappa shape index (κ3) is 9.27. The van der Waals surface area contributed by atoms with Crippen LogP contribution in [0.25, 0.3) is 6.08 Å². The minimum Gasteiger partial charge on any atom is -0.397 e. The third-order valence-corrected chi connectivity index (χ3v) is 7.30. The van der Waals surface area contributed by atoms with Crippen LogP contribution < -0.4 is 21.7 Å². The van der Waals surface area contributed by atoms with Crippen LogP contribution in [0.2, 0.25) is 0 Å². The van der Waals surface area contributed by atoms with Gasteiger partial charge in [0.15, 0.2) is 0 Å². The summed E-state index contributed by atoms with van der Waals surface area (Å²) < 4.78 is 5.45. The van der Waals surface area contributed by atoms with E-state index in [1.807, 2.05) is 48.5 Å². The van der Waals surface area contributed by atoms with Crippen LogP contribution in [-0.4, -0.2) is 56.1 Å². The first kappa shape index (κ1) is 31.0. The number of carbonyl (C=O) groups excluding carboxylic acids is 2. The van der Waals surface area contributed by atoms with Crippen molar-refractivity contribution in [3.8, 4) is 0 Å². The average molecular weight is 570 g/mol. The van der Waals surface area contributed by atoms with Gasteiger partial charge in [-0.3, -0.25) is 14.5 Å². The van der Waals surface area contributed by atoms with E-state index >= 15 is 0 Å². The van der Waals surface area contributed by atoms with Gasteiger partial charge in [-0.15, -0.1) is 0 Å². The standard InChI is InChI=1S/C34H43N5O3/c1-34(2,3)27-14-16-28(17-15-27)37-33(41)32(36-19-6-20-39-21-23-42-24-22-39)26-12-9-25(10-13-26)11-18-31(40)38-30-8-5-4-7-29(30)35/h4-5,7-18,32,36H,6,19-24,35H2,1-3H3,(H,37,41)(H,38,40). The summed E-state index contributed by atoms with van der Waals surface area (Å²) in [6.07, 6.45) is 4.13. The van der Waals surface area contributed by atoms with E-state index < -0.39 is 6.04 Å². The molecule has 0 radical (unpaired) electrons. The third-order valence-electron chi connectivity index (χ3n) is 7.30. The Morgan fingerprint density at radius 2 is 1.64 bits per heavy atom. The van der Waals surface area contributed by atoms with Crippen molar-refractivity contribution < 1.29 is 14.3 Å². The lowest BCUT2D eigenvalue weighted by molar-refractivity contribution is -0.118. The summed E-state index contributed by atoms with van der Waals surface area (Å²) in [5.74, 6) is -0.387. The molecule has 1 aliphatic heterocycles. The Labute approximate surface area is 249 Å². The number of hydrogen-bond donors (Lipinski definition) is 4. The molecule has 1 saturated heterocycles. The molecule has 1 aliphatic rings. The first-order chi connectivity index (χ1) is 20.2. The van der Waals surface area contributed by atoms with Gasteiger partial charge in [-0.05, 0) is 72.0 Å². The fraction of sp³-hybridized carbons (Fsp3) is 0.353. The second-order valence-corrected chi connectivity index (χ2v) is 11.6. The maximum atomic E-state index is 13.5. The van der Waals surface area contributed by atoms with Gasteiger partial charge in [-0.1, -0.05) is 69.3 Å². The zero-order chi connectivity index (χ0) is 30.0. The van der Waals surface area contributed by atoms with E-state index in [0.29, 0.717) is 17.9 Å². The smallest absolute Gasteiger partial charge is 0.248 e. The van der Waals surface area contributed by atoms with Gasteiger partial charge in [0.2, 0.25) is 11.8 Å². The van der Waals surface area contributed by atoms with Crippen LogP contribution >= 0.6 is 0 Å². The summed E-state index contributed by atoms with van der Waals surface area (Å²) in [5, 5.41) is 9.34. The van der Waals surface area contributed by atoms with Crippen molar-refractivity contribution in [2.75, 3.05) is 55.8 Å². The van der Waals surface area contributed by atoms with E-state index in [1.54, 1.807) is 18.2 Å². The molecule has 0 bridgehead atoms. The first-order valence-corrected chi connectivity index (χ1v) is 14.6. The molecule has 0 aromatic heterocycles. The maximum absolute atomic E-state index is 13.5. The number of carbonyl (C=O) groups is 2. The molecule has 8 heteroatoms. The number of ether oxygens (including phenoxy) is 1. The molecule has 1 fully saturated rings. The minimum atomic E-state index is -0.528. The number of benzene rings is 3. The van der Waals surface area contributed by atoms with Crippen LogP contribution in [0, 0.1) is 0 Å². The van der Waals surface area contributed by atoms with Gasteiger partial charge in [0, 0.05) is 24.9 Å². The van der Waals surface area contributed by atoms with Crippen LogP contribution in [0.4, 0.5) is 17.1 Å². The molecule has 222 valence electrons. The first-order valence-electron chi connectivity index (χ1n) is 14.6. The number of hydrogen-bond acceptors (Lipinski definition) is 6. The lowest BCUT2D eigenvalue weighted by Crippen LogP contribution is -2.39. The monoisotopic (exact) mass is 569 g/mol. The Morgan fingerprint density at radius 3 is 2.31 bits per heavy atom. The number of morpholine rings is 1. The fourth-order valence-electron chi connectivity index (χ4n) is 4.76. The van der Waals surface area contributed by atoms with E-state index in [9.17, 15) is 9.59 Å². The number of rotatable bonds is 11. The van der Waals surface area contributed by atoms with E-state index in [1.165, 1.54) is 11.6 Å². The van der Waals surface area contributed by atoms with Gasteiger partial charge in [-0.2, -0.15) is 0 Å². The molecule has 1 unspecified atom stereocenters. The van der Waals surface area contributed by atoms with Crippen LogP contribution in [0.1, 0.15) is 49.9 Å². The minimum absolute atomic E-state index is 0.0406. The molecule has 2 amide bonds. The second-order valence-electron chi connectivity index (χ2n) is 11.6.